The number of urea groups is 1. The lowest BCUT2D eigenvalue weighted by Gasteiger charge is -2.21. The Kier molecular flexibility index (Phi) is 5.44. The number of carbonyl (C=O) groups is 4. The van der Waals surface area contributed by atoms with Gasteiger partial charge in [0.1, 0.15) is 11.8 Å². The first-order valence-corrected chi connectivity index (χ1v) is 8.58. The van der Waals surface area contributed by atoms with Crippen molar-refractivity contribution < 1.29 is 28.3 Å². The largest absolute Gasteiger partial charge is 0.472 e. The molecule has 0 saturated carbocycles. The Bertz CT molecular complexity index is 880. The van der Waals surface area contributed by atoms with E-state index < -0.39 is 36.0 Å². The number of aryl methyl sites for hydroxylation is 1. The van der Waals surface area contributed by atoms with Crippen molar-refractivity contribution in [3.63, 3.8) is 0 Å². The highest BCUT2D eigenvalue weighted by Gasteiger charge is 2.48. The topological polar surface area (TPSA) is 118 Å². The second-order valence-electron chi connectivity index (χ2n) is 6.51. The van der Waals surface area contributed by atoms with Crippen LogP contribution in [0.25, 0.3) is 0 Å². The fraction of sp³-hybridized carbons (Fsp3) is 0.263. The van der Waals surface area contributed by atoms with Gasteiger partial charge < -0.3 is 14.5 Å². The molecule has 1 aliphatic heterocycles. The van der Waals surface area contributed by atoms with Crippen molar-refractivity contribution in [3.8, 4) is 0 Å². The predicted molar refractivity (Wildman–Crippen MR) is 95.7 cm³/mol. The van der Waals surface area contributed by atoms with Crippen molar-refractivity contribution in [2.45, 2.75) is 25.3 Å². The lowest BCUT2D eigenvalue weighted by Crippen LogP contribution is -2.50. The first kappa shape index (κ1) is 19.2. The smallest absolute Gasteiger partial charge is 0.344 e. The minimum atomic E-state index is -1.15. The molecule has 28 heavy (non-hydrogen) atoms. The molecule has 1 saturated heterocycles. The highest BCUT2D eigenvalue weighted by Crippen LogP contribution is 2.22. The van der Waals surface area contributed by atoms with E-state index in [0.717, 1.165) is 5.56 Å². The highest BCUT2D eigenvalue weighted by atomic mass is 16.5. The van der Waals surface area contributed by atoms with Crippen LogP contribution < -0.4 is 10.7 Å². The van der Waals surface area contributed by atoms with Crippen LogP contribution in [0.5, 0.6) is 0 Å². The quantitative estimate of drug-likeness (QED) is 0.550. The maximum atomic E-state index is 12.6. The molecule has 0 unspecified atom stereocenters. The number of nitrogens with zero attached hydrogens (tertiary/aromatic N) is 1. The van der Waals surface area contributed by atoms with Gasteiger partial charge in [0.2, 0.25) is 0 Å². The monoisotopic (exact) mass is 385 g/mol. The Morgan fingerprint density at radius 1 is 1.21 bits per heavy atom. The number of esters is 1. The van der Waals surface area contributed by atoms with Crippen molar-refractivity contribution in [1.29, 1.82) is 0 Å². The molecule has 4 amide bonds. The molecular weight excluding hydrogens is 366 g/mol. The zero-order chi connectivity index (χ0) is 20.1. The zero-order valence-corrected chi connectivity index (χ0v) is 15.1. The van der Waals surface area contributed by atoms with Crippen LogP contribution >= 0.6 is 0 Å². The summed E-state index contributed by atoms with van der Waals surface area (Å²) in [6.07, 6.45) is 3.41. The van der Waals surface area contributed by atoms with E-state index in [2.05, 4.69) is 10.7 Å². The molecule has 2 N–H and O–H groups in total. The van der Waals surface area contributed by atoms with Gasteiger partial charge in [0.15, 0.2) is 6.61 Å². The molecule has 9 heteroatoms. The van der Waals surface area contributed by atoms with E-state index >= 15 is 0 Å². The number of imide groups is 1. The summed E-state index contributed by atoms with van der Waals surface area (Å²) in [7, 11) is 0. The van der Waals surface area contributed by atoms with Crippen molar-refractivity contribution in [2.24, 2.45) is 0 Å². The molecule has 0 spiro atoms. The van der Waals surface area contributed by atoms with E-state index in [1.165, 1.54) is 18.6 Å². The van der Waals surface area contributed by atoms with Crippen molar-refractivity contribution in [2.75, 3.05) is 6.61 Å². The fourth-order valence-corrected chi connectivity index (χ4v) is 2.75. The standard InChI is InChI=1S/C19H19N3O6/c1-19(9-7-13-5-3-2-4-6-13)17(25)22(18(26)20-19)21-15(23)12-28-16(24)14-8-10-27-11-14/h2-6,8,10-11H,7,9,12H2,1H3,(H,20,26)(H,21,23)/t19-/m0/s1. The summed E-state index contributed by atoms with van der Waals surface area (Å²) in [5, 5.41) is 3.21. The van der Waals surface area contributed by atoms with Crippen LogP contribution in [0, 0.1) is 0 Å². The highest BCUT2D eigenvalue weighted by molar-refractivity contribution is 6.07. The van der Waals surface area contributed by atoms with E-state index in [9.17, 15) is 19.2 Å². The Balaban J connectivity index is 1.54. The summed E-state index contributed by atoms with van der Waals surface area (Å²) in [4.78, 5) is 48.4. The zero-order valence-electron chi connectivity index (χ0n) is 15.1. The van der Waals surface area contributed by atoms with Crippen molar-refractivity contribution in [3.05, 3.63) is 60.1 Å². The maximum Gasteiger partial charge on any atom is 0.344 e. The molecular formula is C19H19N3O6. The fourth-order valence-electron chi connectivity index (χ4n) is 2.75. The first-order valence-electron chi connectivity index (χ1n) is 8.58. The SMILES string of the molecule is C[C@@]1(CCc2ccccc2)NC(=O)N(NC(=O)COC(=O)c2ccoc2)C1=O. The molecule has 1 atom stereocenters. The number of benzene rings is 1. The summed E-state index contributed by atoms with van der Waals surface area (Å²) in [6, 6.07) is 10.2. The number of ether oxygens (including phenoxy) is 1. The number of hydrogen-bond donors (Lipinski definition) is 2. The molecule has 0 aliphatic carbocycles. The second kappa shape index (κ2) is 7.95. The Hall–Kier alpha value is -3.62. The van der Waals surface area contributed by atoms with Gasteiger partial charge in [-0.15, -0.1) is 0 Å². The molecule has 1 aromatic heterocycles. The average molecular weight is 385 g/mol. The summed E-state index contributed by atoms with van der Waals surface area (Å²) in [5.74, 6) is -2.15. The van der Waals surface area contributed by atoms with Crippen LogP contribution in [0.3, 0.4) is 0 Å². The summed E-state index contributed by atoms with van der Waals surface area (Å²) < 4.78 is 9.55. The average Bonchev–Trinajstić information content (AvgIpc) is 3.29. The predicted octanol–water partition coefficient (Wildman–Crippen LogP) is 1.41. The van der Waals surface area contributed by atoms with E-state index in [-0.39, 0.29) is 5.56 Å². The molecule has 2 aromatic rings. The van der Waals surface area contributed by atoms with E-state index in [1.54, 1.807) is 6.92 Å². The van der Waals surface area contributed by atoms with Crippen molar-refractivity contribution in [1.82, 2.24) is 15.8 Å². The van der Waals surface area contributed by atoms with Crippen molar-refractivity contribution >= 4 is 23.8 Å². The first-order chi connectivity index (χ1) is 13.4. The molecule has 2 heterocycles. The molecule has 1 aliphatic rings. The molecule has 146 valence electrons. The van der Waals surface area contributed by atoms with Gasteiger partial charge >= 0.3 is 12.0 Å². The van der Waals surface area contributed by atoms with Gasteiger partial charge in [-0.25, -0.2) is 9.59 Å². The second-order valence-corrected chi connectivity index (χ2v) is 6.51. The van der Waals surface area contributed by atoms with E-state index in [4.69, 9.17) is 9.15 Å². The van der Waals surface area contributed by atoms with Gasteiger partial charge in [-0.05, 0) is 31.4 Å². The Labute approximate surface area is 160 Å². The molecule has 9 nitrogen and oxygen atoms in total. The molecule has 1 fully saturated rings. The number of nitrogens with one attached hydrogen (secondary N) is 2. The lowest BCUT2D eigenvalue weighted by molar-refractivity contribution is -0.140. The maximum absolute atomic E-state index is 12.6. The minimum Gasteiger partial charge on any atom is -0.472 e. The van der Waals surface area contributed by atoms with E-state index in [0.29, 0.717) is 17.9 Å². The van der Waals surface area contributed by atoms with Gasteiger partial charge in [0.05, 0.1) is 11.8 Å². The van der Waals surface area contributed by atoms with Crippen LogP contribution in [-0.2, 0) is 20.7 Å². The van der Waals surface area contributed by atoms with Gasteiger partial charge in [-0.1, -0.05) is 30.3 Å². The number of amides is 4. The number of hydrazine groups is 1. The van der Waals surface area contributed by atoms with E-state index in [1.807, 2.05) is 30.3 Å². The Morgan fingerprint density at radius 2 is 1.96 bits per heavy atom. The third-order valence-corrected chi connectivity index (χ3v) is 4.35. The van der Waals surface area contributed by atoms with Crippen LogP contribution in [0.15, 0.2) is 53.3 Å². The number of rotatable bonds is 7. The van der Waals surface area contributed by atoms with Crippen LogP contribution in [0.1, 0.15) is 29.3 Å². The van der Waals surface area contributed by atoms with Gasteiger partial charge in [-0.2, -0.15) is 5.01 Å². The minimum absolute atomic E-state index is 0.149. The van der Waals surface area contributed by atoms with Crippen LogP contribution in [-0.4, -0.2) is 41.0 Å². The van der Waals surface area contributed by atoms with Crippen LogP contribution in [0.2, 0.25) is 0 Å². The summed E-state index contributed by atoms with van der Waals surface area (Å²) >= 11 is 0. The lowest BCUT2D eigenvalue weighted by atomic mass is 9.93. The molecule has 0 bridgehead atoms. The third kappa shape index (κ3) is 4.20. The van der Waals surface area contributed by atoms with Gasteiger partial charge in [0, 0.05) is 0 Å². The number of carbonyl (C=O) groups excluding carboxylic acids is 4. The third-order valence-electron chi connectivity index (χ3n) is 4.35. The number of furan rings is 1. The van der Waals surface area contributed by atoms with Gasteiger partial charge in [-0.3, -0.25) is 15.0 Å². The summed E-state index contributed by atoms with van der Waals surface area (Å²) in [6.45, 7) is 0.947. The molecule has 1 aromatic carbocycles. The van der Waals surface area contributed by atoms with Crippen LogP contribution in [0.4, 0.5) is 4.79 Å². The normalized spacial score (nSPS) is 18.7. The molecule has 0 radical (unpaired) electrons. The molecule has 3 rings (SSSR count). The number of hydrogen-bond acceptors (Lipinski definition) is 6. The van der Waals surface area contributed by atoms with Gasteiger partial charge in [0.25, 0.3) is 11.8 Å². The summed E-state index contributed by atoms with van der Waals surface area (Å²) in [5.41, 5.74) is 2.20. The Morgan fingerprint density at radius 3 is 2.64 bits per heavy atom.